The van der Waals surface area contributed by atoms with Gasteiger partial charge in [0.05, 0.1) is 12.2 Å². The van der Waals surface area contributed by atoms with Gasteiger partial charge in [-0.1, -0.05) is 56.3 Å². The third kappa shape index (κ3) is 5.28. The Morgan fingerprint density at radius 3 is 2.76 bits per heavy atom. The highest BCUT2D eigenvalue weighted by Gasteiger charge is 2.34. The van der Waals surface area contributed by atoms with Crippen molar-refractivity contribution in [2.45, 2.75) is 51.7 Å². The van der Waals surface area contributed by atoms with Crippen LogP contribution in [0.25, 0.3) is 0 Å². The Morgan fingerprint density at radius 2 is 2.00 bits per heavy atom. The third-order valence-corrected chi connectivity index (χ3v) is 6.29. The van der Waals surface area contributed by atoms with Crippen LogP contribution in [-0.4, -0.2) is 33.0 Å². The Hall–Kier alpha value is -3.26. The van der Waals surface area contributed by atoms with Crippen LogP contribution in [0.1, 0.15) is 50.8 Å². The zero-order chi connectivity index (χ0) is 24.1. The van der Waals surface area contributed by atoms with E-state index in [2.05, 4.69) is 29.5 Å². The van der Waals surface area contributed by atoms with Gasteiger partial charge in [-0.25, -0.2) is 4.68 Å². The topological polar surface area (TPSA) is 81.1 Å². The molecule has 0 aliphatic carbocycles. The molecule has 1 aliphatic heterocycles. The molecule has 0 spiro atoms. The van der Waals surface area contributed by atoms with Gasteiger partial charge in [0.1, 0.15) is 11.8 Å². The van der Waals surface area contributed by atoms with E-state index in [-0.39, 0.29) is 5.91 Å². The van der Waals surface area contributed by atoms with Crippen LogP contribution in [0.15, 0.2) is 65.0 Å². The van der Waals surface area contributed by atoms with Crippen LogP contribution in [0.4, 0.5) is 11.6 Å². The Labute approximate surface area is 205 Å². The Bertz CT molecular complexity index is 1200. The van der Waals surface area contributed by atoms with Gasteiger partial charge >= 0.3 is 0 Å². The van der Waals surface area contributed by atoms with E-state index < -0.39 is 6.04 Å². The lowest BCUT2D eigenvalue weighted by atomic mass is 9.94. The maximum Gasteiger partial charge on any atom is 0.255 e. The van der Waals surface area contributed by atoms with Crippen molar-refractivity contribution in [1.82, 2.24) is 14.8 Å². The monoisotopic (exact) mass is 477 g/mol. The standard InChI is InChI=1S/C26H31N5O2S/c1-5-7-14-33-21-13-9-11-19(16-21)23-22(24(32)28-20-12-8-10-17(3)15-20)18(4)27-25-29-26(34-6-2)30-31(23)25/h8-13,15-16,23H,5-7,14H2,1-4H3,(H,28,32)(H,27,29,30). The van der Waals surface area contributed by atoms with Gasteiger partial charge in [0, 0.05) is 11.4 Å². The lowest BCUT2D eigenvalue weighted by Crippen LogP contribution is -2.31. The van der Waals surface area contributed by atoms with E-state index in [9.17, 15) is 4.79 Å². The number of thioether (sulfide) groups is 1. The normalized spacial score (nSPS) is 15.0. The molecule has 3 aromatic rings. The molecule has 1 aromatic heterocycles. The first-order valence-electron chi connectivity index (χ1n) is 11.7. The predicted octanol–water partition coefficient (Wildman–Crippen LogP) is 5.81. The van der Waals surface area contributed by atoms with Crippen molar-refractivity contribution in [2.24, 2.45) is 0 Å². The zero-order valence-electron chi connectivity index (χ0n) is 20.1. The summed E-state index contributed by atoms with van der Waals surface area (Å²) in [5, 5.41) is 11.8. The molecule has 0 radical (unpaired) electrons. The van der Waals surface area contributed by atoms with Gasteiger partial charge in [-0.2, -0.15) is 4.98 Å². The molecule has 0 saturated heterocycles. The van der Waals surface area contributed by atoms with Crippen LogP contribution >= 0.6 is 11.8 Å². The average Bonchev–Trinajstić information content (AvgIpc) is 3.20. The summed E-state index contributed by atoms with van der Waals surface area (Å²) in [7, 11) is 0. The summed E-state index contributed by atoms with van der Waals surface area (Å²) in [5.41, 5.74) is 4.10. The molecule has 2 heterocycles. The Morgan fingerprint density at radius 1 is 1.18 bits per heavy atom. The van der Waals surface area contributed by atoms with E-state index in [1.165, 1.54) is 0 Å². The number of carbonyl (C=O) groups excluding carboxylic acids is 1. The fraction of sp³-hybridized carbons (Fsp3) is 0.346. The number of ether oxygens (including phenoxy) is 1. The number of nitrogens with zero attached hydrogens (tertiary/aromatic N) is 3. The number of fused-ring (bicyclic) bond motifs is 1. The number of anilines is 2. The highest BCUT2D eigenvalue weighted by atomic mass is 32.2. The highest BCUT2D eigenvalue weighted by molar-refractivity contribution is 7.99. The van der Waals surface area contributed by atoms with Crippen LogP contribution in [0.3, 0.4) is 0 Å². The number of unbranched alkanes of at least 4 members (excludes halogenated alkanes) is 1. The fourth-order valence-electron chi connectivity index (χ4n) is 3.95. The van der Waals surface area contributed by atoms with Crippen molar-refractivity contribution in [3.05, 3.63) is 70.9 Å². The first-order chi connectivity index (χ1) is 16.5. The number of carbonyl (C=O) groups is 1. The average molecular weight is 478 g/mol. The number of benzene rings is 2. The number of hydrogen-bond donors (Lipinski definition) is 2. The van der Waals surface area contributed by atoms with E-state index in [4.69, 9.17) is 9.84 Å². The van der Waals surface area contributed by atoms with Gasteiger partial charge in [0.15, 0.2) is 0 Å². The second kappa shape index (κ2) is 10.8. The van der Waals surface area contributed by atoms with Gasteiger partial charge in [0.2, 0.25) is 11.1 Å². The van der Waals surface area contributed by atoms with Gasteiger partial charge in [-0.15, -0.1) is 5.10 Å². The number of hydrogen-bond acceptors (Lipinski definition) is 6. The lowest BCUT2D eigenvalue weighted by molar-refractivity contribution is -0.113. The second-order valence-corrected chi connectivity index (χ2v) is 9.49. The molecule has 4 rings (SSSR count). The molecule has 1 unspecified atom stereocenters. The van der Waals surface area contributed by atoms with Gasteiger partial charge in [-0.3, -0.25) is 4.79 Å². The number of nitrogens with one attached hydrogen (secondary N) is 2. The molecule has 0 bridgehead atoms. The van der Waals surface area contributed by atoms with Crippen molar-refractivity contribution in [3.63, 3.8) is 0 Å². The highest BCUT2D eigenvalue weighted by Crippen LogP contribution is 2.37. The molecule has 1 amide bonds. The molecule has 178 valence electrons. The fourth-order valence-corrected chi connectivity index (χ4v) is 4.51. The van der Waals surface area contributed by atoms with Crippen molar-refractivity contribution < 1.29 is 9.53 Å². The van der Waals surface area contributed by atoms with Crippen LogP contribution < -0.4 is 15.4 Å². The molecule has 1 aliphatic rings. The van der Waals surface area contributed by atoms with Gasteiger partial charge in [0.25, 0.3) is 5.91 Å². The van der Waals surface area contributed by atoms with Gasteiger partial charge < -0.3 is 15.4 Å². The maximum absolute atomic E-state index is 13.6. The maximum atomic E-state index is 13.6. The molecular formula is C26H31N5O2S. The van der Waals surface area contributed by atoms with Crippen LogP contribution in [0.2, 0.25) is 0 Å². The molecular weight excluding hydrogens is 446 g/mol. The van der Waals surface area contributed by atoms with E-state index in [0.717, 1.165) is 46.9 Å². The van der Waals surface area contributed by atoms with Crippen LogP contribution in [-0.2, 0) is 4.79 Å². The van der Waals surface area contributed by atoms with Crippen molar-refractivity contribution in [3.8, 4) is 5.75 Å². The zero-order valence-corrected chi connectivity index (χ0v) is 20.9. The smallest absolute Gasteiger partial charge is 0.255 e. The van der Waals surface area contributed by atoms with Gasteiger partial charge in [-0.05, 0) is 61.4 Å². The summed E-state index contributed by atoms with van der Waals surface area (Å²) in [6.45, 7) is 8.78. The number of allylic oxidation sites excluding steroid dienone is 1. The Kier molecular flexibility index (Phi) is 7.57. The summed E-state index contributed by atoms with van der Waals surface area (Å²) in [4.78, 5) is 18.2. The predicted molar refractivity (Wildman–Crippen MR) is 138 cm³/mol. The number of amides is 1. The van der Waals surface area contributed by atoms with Crippen molar-refractivity contribution >= 4 is 29.3 Å². The van der Waals surface area contributed by atoms with E-state index in [0.29, 0.717) is 23.3 Å². The molecule has 1 atom stereocenters. The molecule has 0 saturated carbocycles. The SMILES string of the molecule is CCCCOc1cccc(C2C(C(=O)Nc3cccc(C)c3)=C(C)Nc3nc(SCC)nn32)c1. The van der Waals surface area contributed by atoms with Crippen molar-refractivity contribution in [2.75, 3.05) is 23.0 Å². The van der Waals surface area contributed by atoms with Crippen LogP contribution in [0.5, 0.6) is 5.75 Å². The quantitative estimate of drug-likeness (QED) is 0.299. The second-order valence-electron chi connectivity index (χ2n) is 8.26. The summed E-state index contributed by atoms with van der Waals surface area (Å²) >= 11 is 1.57. The minimum Gasteiger partial charge on any atom is -0.494 e. The Balaban J connectivity index is 1.74. The van der Waals surface area contributed by atoms with E-state index >= 15 is 0 Å². The lowest BCUT2D eigenvalue weighted by Gasteiger charge is -2.29. The largest absolute Gasteiger partial charge is 0.494 e. The van der Waals surface area contributed by atoms with Crippen LogP contribution in [0, 0.1) is 6.92 Å². The number of aromatic nitrogens is 3. The molecule has 2 N–H and O–H groups in total. The molecule has 8 heteroatoms. The molecule has 34 heavy (non-hydrogen) atoms. The number of rotatable bonds is 9. The summed E-state index contributed by atoms with van der Waals surface area (Å²) < 4.78 is 7.77. The summed E-state index contributed by atoms with van der Waals surface area (Å²) in [5.74, 6) is 2.10. The number of aryl methyl sites for hydroxylation is 1. The van der Waals surface area contributed by atoms with E-state index in [1.807, 2.05) is 62.4 Å². The first kappa shape index (κ1) is 23.9. The summed E-state index contributed by atoms with van der Waals surface area (Å²) in [6.07, 6.45) is 2.06. The molecule has 2 aromatic carbocycles. The molecule has 0 fully saturated rings. The van der Waals surface area contributed by atoms with E-state index in [1.54, 1.807) is 16.4 Å². The summed E-state index contributed by atoms with van der Waals surface area (Å²) in [6, 6.07) is 15.3. The minimum atomic E-state index is -0.436. The molecule has 7 nitrogen and oxygen atoms in total. The van der Waals surface area contributed by atoms with Crippen molar-refractivity contribution in [1.29, 1.82) is 0 Å². The third-order valence-electron chi connectivity index (χ3n) is 5.57. The first-order valence-corrected chi connectivity index (χ1v) is 12.7. The minimum absolute atomic E-state index is 0.177.